The minimum atomic E-state index is -0.736. The molecule has 0 spiro atoms. The van der Waals surface area contributed by atoms with Crippen LogP contribution in [0.25, 0.3) is 22.5 Å². The molecular formula is C31H26ClFN8O5. The van der Waals surface area contributed by atoms with E-state index >= 15 is 4.39 Å². The fourth-order valence-electron chi connectivity index (χ4n) is 5.50. The van der Waals surface area contributed by atoms with Crippen molar-refractivity contribution < 1.29 is 28.7 Å². The third kappa shape index (κ3) is 6.20. The van der Waals surface area contributed by atoms with Crippen LogP contribution < -0.4 is 20.6 Å². The van der Waals surface area contributed by atoms with Crippen LogP contribution in [0.3, 0.4) is 0 Å². The molecule has 2 aliphatic rings. The zero-order valence-electron chi connectivity index (χ0n) is 24.3. The van der Waals surface area contributed by atoms with Gasteiger partial charge in [0.05, 0.1) is 36.0 Å². The molecule has 2 amide bonds. The van der Waals surface area contributed by atoms with Crippen molar-refractivity contribution in [2.45, 2.75) is 31.6 Å². The molecule has 6 rings (SSSR count). The van der Waals surface area contributed by atoms with Crippen LogP contribution in [-0.4, -0.2) is 49.6 Å². The Hall–Kier alpha value is -5.47. The number of rotatable bonds is 4. The molecule has 2 bridgehead atoms. The number of amides is 2. The van der Waals surface area contributed by atoms with Gasteiger partial charge in [-0.25, -0.2) is 19.2 Å². The summed E-state index contributed by atoms with van der Waals surface area (Å²) in [5, 5.41) is 39.8. The van der Waals surface area contributed by atoms with Crippen LogP contribution in [0.5, 0.6) is 0 Å². The van der Waals surface area contributed by atoms with E-state index in [2.05, 4.69) is 30.6 Å². The van der Waals surface area contributed by atoms with Crippen molar-refractivity contribution in [3.63, 3.8) is 0 Å². The van der Waals surface area contributed by atoms with Crippen molar-refractivity contribution in [3.05, 3.63) is 111 Å². The highest BCUT2D eigenvalue weighted by Gasteiger charge is 2.31. The zero-order valence-corrected chi connectivity index (χ0v) is 25.1. The Kier molecular flexibility index (Phi) is 8.55. The number of benzene rings is 2. The van der Waals surface area contributed by atoms with Gasteiger partial charge in [-0.05, 0) is 71.8 Å². The minimum Gasteiger partial charge on any atom is -0.618 e. The Balaban J connectivity index is 1.48. The average molecular weight is 645 g/mol. The molecule has 234 valence electrons. The van der Waals surface area contributed by atoms with Crippen molar-refractivity contribution >= 4 is 35.0 Å². The zero-order chi connectivity index (χ0) is 32.4. The van der Waals surface area contributed by atoms with Gasteiger partial charge in [0.15, 0.2) is 11.9 Å². The van der Waals surface area contributed by atoms with E-state index in [1.807, 2.05) is 0 Å². The van der Waals surface area contributed by atoms with Crippen LogP contribution in [0.4, 0.5) is 14.9 Å². The number of anilines is 1. The first-order valence-electron chi connectivity index (χ1n) is 14.2. The summed E-state index contributed by atoms with van der Waals surface area (Å²) in [7, 11) is 1.21. The molecule has 2 aromatic carbocycles. The van der Waals surface area contributed by atoms with Gasteiger partial charge in [-0.1, -0.05) is 18.0 Å². The fourth-order valence-corrected chi connectivity index (χ4v) is 5.67. The number of allylic oxidation sites excluding steroid dienone is 2. The van der Waals surface area contributed by atoms with E-state index in [4.69, 9.17) is 11.6 Å². The highest BCUT2D eigenvalue weighted by atomic mass is 35.5. The van der Waals surface area contributed by atoms with Crippen molar-refractivity contribution in [3.8, 4) is 16.8 Å². The van der Waals surface area contributed by atoms with Gasteiger partial charge >= 0.3 is 6.09 Å². The minimum absolute atomic E-state index is 0.0986. The van der Waals surface area contributed by atoms with Gasteiger partial charge < -0.3 is 9.94 Å². The first kappa shape index (κ1) is 30.6. The average Bonchev–Trinajstić information content (AvgIpc) is 3.57. The molecule has 0 saturated carbocycles. The van der Waals surface area contributed by atoms with E-state index < -0.39 is 23.7 Å². The molecule has 13 nitrogen and oxygen atoms in total. The number of methoxy groups -OCH3 is 1. The van der Waals surface area contributed by atoms with Gasteiger partial charge in [0.25, 0.3) is 0 Å². The van der Waals surface area contributed by atoms with E-state index in [1.54, 1.807) is 30.3 Å². The predicted molar refractivity (Wildman–Crippen MR) is 162 cm³/mol. The van der Waals surface area contributed by atoms with Gasteiger partial charge in [-0.3, -0.25) is 15.3 Å². The topological polar surface area (TPSA) is 162 Å². The number of pyridine rings is 1. The lowest BCUT2D eigenvalue weighted by molar-refractivity contribution is -0.614. The van der Waals surface area contributed by atoms with Gasteiger partial charge in [0.1, 0.15) is 12.2 Å². The number of hydrogen-bond acceptors (Lipinski definition) is 9. The van der Waals surface area contributed by atoms with E-state index in [1.165, 1.54) is 48.6 Å². The summed E-state index contributed by atoms with van der Waals surface area (Å²) < 4.78 is 22.5. The monoisotopic (exact) mass is 644 g/mol. The number of hydroxylamine groups is 2. The molecule has 4 heterocycles. The van der Waals surface area contributed by atoms with Crippen LogP contribution >= 0.6 is 11.6 Å². The Morgan fingerprint density at radius 3 is 2.80 bits per heavy atom. The largest absolute Gasteiger partial charge is 0.618 e. The van der Waals surface area contributed by atoms with Gasteiger partial charge in [0.2, 0.25) is 5.91 Å². The first-order valence-corrected chi connectivity index (χ1v) is 14.5. The second kappa shape index (κ2) is 12.9. The number of hydrogen-bond donors (Lipinski definition) is 2. The van der Waals surface area contributed by atoms with E-state index in [9.17, 15) is 20.0 Å². The number of fused-ring (bicyclic) bond motifs is 2. The lowest BCUT2D eigenvalue weighted by Gasteiger charge is -2.25. The van der Waals surface area contributed by atoms with Crippen molar-refractivity contribution in [2.75, 3.05) is 12.4 Å². The molecule has 1 atom stereocenters. The summed E-state index contributed by atoms with van der Waals surface area (Å²) >= 11 is 6.30. The molecule has 2 aromatic heterocycles. The summed E-state index contributed by atoms with van der Waals surface area (Å²) in [5.74, 6) is -1.88. The van der Waals surface area contributed by atoms with Crippen molar-refractivity contribution in [1.29, 1.82) is 0 Å². The number of carbonyl (C=O) groups excluding carboxylic acids is 2. The van der Waals surface area contributed by atoms with Gasteiger partial charge in [-0.2, -0.15) is 9.41 Å². The molecule has 0 fully saturated rings. The Labute approximate surface area is 265 Å². The Morgan fingerprint density at radius 2 is 2.04 bits per heavy atom. The van der Waals surface area contributed by atoms with Crippen molar-refractivity contribution in [2.24, 2.45) is 4.99 Å². The normalized spacial score (nSPS) is 18.6. The summed E-state index contributed by atoms with van der Waals surface area (Å²) in [6.45, 7) is 0. The SMILES string of the molecule is COC(=O)Nc1ccc2/c(c1)=N\C(=O)CCCCC(c1ccc(-c3cc(Cl)ccc3-n3cnnn3)c[n+]1[O-])C1=C/C=2N(O)C=C1F. The third-order valence-corrected chi connectivity index (χ3v) is 7.91. The maximum atomic E-state index is 15.7. The van der Waals surface area contributed by atoms with Gasteiger partial charge in [-0.15, -0.1) is 5.10 Å². The molecule has 15 heteroatoms. The van der Waals surface area contributed by atoms with E-state index in [0.29, 0.717) is 61.8 Å². The number of aromatic nitrogens is 5. The third-order valence-electron chi connectivity index (χ3n) is 7.68. The van der Waals surface area contributed by atoms with E-state index in [0.717, 1.165) is 6.20 Å². The standard InChI is InChI=1S/C31H26ClFN8O5/c1-46-31(43)35-20-8-9-22-26(13-20)36-30(42)5-3-2-4-21(24-14-29(22)41(45)16-25(24)33)28-10-6-18(15-40(28)44)23-12-19(32)7-11-27(23)39-17-34-37-38-39/h6-17,21,45H,2-5H2,1H3,(H,35,43)/b29-22-,36-26-. The lowest BCUT2D eigenvalue weighted by Crippen LogP contribution is -2.36. The van der Waals surface area contributed by atoms with Gasteiger partial charge in [0, 0.05) is 45.1 Å². The molecular weight excluding hydrogens is 619 g/mol. The summed E-state index contributed by atoms with van der Waals surface area (Å²) in [4.78, 5) is 28.8. The Morgan fingerprint density at radius 1 is 1.20 bits per heavy atom. The maximum Gasteiger partial charge on any atom is 0.411 e. The van der Waals surface area contributed by atoms with Crippen LogP contribution in [0.1, 0.15) is 37.3 Å². The highest BCUT2D eigenvalue weighted by molar-refractivity contribution is 6.31. The summed E-state index contributed by atoms with van der Waals surface area (Å²) in [6, 6.07) is 13.0. The summed E-state index contributed by atoms with van der Waals surface area (Å²) in [6.07, 6.45) is 5.78. The second-order valence-corrected chi connectivity index (χ2v) is 11.0. The predicted octanol–water partition coefficient (Wildman–Crippen LogP) is 3.85. The first-order chi connectivity index (χ1) is 22.2. The molecule has 46 heavy (non-hydrogen) atoms. The number of nitrogens with one attached hydrogen (secondary N) is 1. The second-order valence-electron chi connectivity index (χ2n) is 10.5. The Bertz CT molecular complexity index is 2030. The number of ether oxygens (including phenoxy) is 1. The quantitative estimate of drug-likeness (QED) is 0.248. The maximum absolute atomic E-state index is 15.7. The number of nitrogens with zero attached hydrogens (tertiary/aromatic N) is 7. The molecule has 2 aliphatic heterocycles. The highest BCUT2D eigenvalue weighted by Crippen LogP contribution is 2.38. The lowest BCUT2D eigenvalue weighted by atomic mass is 9.86. The van der Waals surface area contributed by atoms with Crippen LogP contribution in [0.2, 0.25) is 5.02 Å². The number of carbonyl (C=O) groups is 2. The smallest absolute Gasteiger partial charge is 0.411 e. The molecule has 2 N–H and O–H groups in total. The van der Waals surface area contributed by atoms with Crippen LogP contribution in [-0.2, 0) is 9.53 Å². The number of halogens is 2. The number of tetrazole rings is 1. The van der Waals surface area contributed by atoms with Crippen LogP contribution in [0.15, 0.2) is 89.7 Å². The van der Waals surface area contributed by atoms with E-state index in [-0.39, 0.29) is 28.7 Å². The molecule has 0 aliphatic carbocycles. The van der Waals surface area contributed by atoms with Crippen LogP contribution in [0, 0.1) is 5.21 Å². The molecule has 0 saturated heterocycles. The molecule has 0 radical (unpaired) electrons. The fraction of sp³-hybridized carbons (Fsp3) is 0.194. The molecule has 1 unspecified atom stereocenters. The van der Waals surface area contributed by atoms with Crippen molar-refractivity contribution in [1.82, 2.24) is 25.3 Å². The summed E-state index contributed by atoms with van der Waals surface area (Å²) in [5.41, 5.74) is 2.58. The molecule has 4 aromatic rings.